The summed E-state index contributed by atoms with van der Waals surface area (Å²) in [6.07, 6.45) is -3.70. The van der Waals surface area contributed by atoms with Gasteiger partial charge in [-0.15, -0.1) is 0 Å². The molecule has 2 aliphatic rings. The number of halogens is 6. The number of fused-ring (bicyclic) bond motifs is 1. The summed E-state index contributed by atoms with van der Waals surface area (Å²) in [6.45, 7) is 0. The summed E-state index contributed by atoms with van der Waals surface area (Å²) in [7, 11) is 0. The van der Waals surface area contributed by atoms with Crippen molar-refractivity contribution >= 4 is 5.91 Å². The highest BCUT2D eigenvalue weighted by atomic mass is 19.4. The Morgan fingerprint density at radius 2 is 1.74 bits per heavy atom. The monoisotopic (exact) mass is 484 g/mol. The number of alkyl halides is 6. The Morgan fingerprint density at radius 1 is 1.00 bits per heavy atom. The van der Waals surface area contributed by atoms with E-state index in [1.807, 2.05) is 0 Å². The number of carbonyl (C=O) groups is 1. The van der Waals surface area contributed by atoms with Crippen molar-refractivity contribution < 1.29 is 31.1 Å². The molecule has 0 bridgehead atoms. The molecule has 0 radical (unpaired) electrons. The smallest absolute Gasteiger partial charge is 0.344 e. The van der Waals surface area contributed by atoms with Crippen LogP contribution in [0.2, 0.25) is 0 Å². The van der Waals surface area contributed by atoms with Crippen LogP contribution in [0, 0.1) is 0 Å². The summed E-state index contributed by atoms with van der Waals surface area (Å²) >= 11 is 0. The van der Waals surface area contributed by atoms with Gasteiger partial charge in [0.1, 0.15) is 11.4 Å². The van der Waals surface area contributed by atoms with Gasteiger partial charge in [-0.3, -0.25) is 14.5 Å². The predicted molar refractivity (Wildman–Crippen MR) is 105 cm³/mol. The van der Waals surface area contributed by atoms with Gasteiger partial charge < -0.3 is 5.32 Å². The van der Waals surface area contributed by atoms with Crippen LogP contribution in [0.25, 0.3) is 5.69 Å². The summed E-state index contributed by atoms with van der Waals surface area (Å²) in [4.78, 5) is 16.3. The van der Waals surface area contributed by atoms with Crippen molar-refractivity contribution in [2.45, 2.75) is 56.5 Å². The summed E-state index contributed by atoms with van der Waals surface area (Å²) in [5, 5.41) is 10.7. The van der Waals surface area contributed by atoms with Crippen molar-refractivity contribution in [3.05, 3.63) is 58.9 Å². The Morgan fingerprint density at radius 3 is 2.41 bits per heavy atom. The van der Waals surface area contributed by atoms with Gasteiger partial charge >= 0.3 is 12.4 Å². The third kappa shape index (κ3) is 4.26. The molecule has 3 aromatic rings. The number of hydrogen-bond donors (Lipinski definition) is 1. The highest BCUT2D eigenvalue weighted by Gasteiger charge is 2.39. The zero-order chi connectivity index (χ0) is 24.3. The SMILES string of the molecule is O=C(N[C@H]1CCCc2nn(-c3ccnc(C(F)(F)F)c3)cc21)c1cc(C(F)(F)F)nn1C1CC1. The molecule has 1 fully saturated rings. The van der Waals surface area contributed by atoms with Gasteiger partial charge in [0.15, 0.2) is 5.69 Å². The Kier molecular flexibility index (Phi) is 5.17. The van der Waals surface area contributed by atoms with Crippen LogP contribution in [0.1, 0.15) is 70.9 Å². The highest BCUT2D eigenvalue weighted by Crippen LogP contribution is 2.38. The van der Waals surface area contributed by atoms with E-state index in [2.05, 4.69) is 20.5 Å². The predicted octanol–water partition coefficient (Wildman–Crippen LogP) is 4.64. The Bertz CT molecular complexity index is 1240. The lowest BCUT2D eigenvalue weighted by atomic mass is 9.93. The second-order valence-electron chi connectivity index (χ2n) is 8.38. The molecule has 180 valence electrons. The lowest BCUT2D eigenvalue weighted by Gasteiger charge is -2.22. The molecule has 3 aromatic heterocycles. The molecule has 34 heavy (non-hydrogen) atoms. The van der Waals surface area contributed by atoms with Gasteiger partial charge in [0.25, 0.3) is 5.91 Å². The largest absolute Gasteiger partial charge is 0.435 e. The number of nitrogens with zero attached hydrogens (tertiary/aromatic N) is 5. The van der Waals surface area contributed by atoms with Crippen molar-refractivity contribution in [1.82, 2.24) is 29.9 Å². The highest BCUT2D eigenvalue weighted by molar-refractivity contribution is 5.93. The fourth-order valence-corrected chi connectivity index (χ4v) is 4.07. The molecule has 2 aliphatic carbocycles. The van der Waals surface area contributed by atoms with E-state index >= 15 is 0 Å². The van der Waals surface area contributed by atoms with Crippen molar-refractivity contribution in [3.63, 3.8) is 0 Å². The van der Waals surface area contributed by atoms with E-state index in [0.717, 1.165) is 23.0 Å². The van der Waals surface area contributed by atoms with Gasteiger partial charge in [0.2, 0.25) is 0 Å². The lowest BCUT2D eigenvalue weighted by molar-refractivity contribution is -0.142. The fourth-order valence-electron chi connectivity index (χ4n) is 4.07. The molecule has 0 saturated heterocycles. The normalized spacial score (nSPS) is 18.6. The second kappa shape index (κ2) is 7.84. The molecule has 1 amide bonds. The van der Waals surface area contributed by atoms with Gasteiger partial charge in [-0.1, -0.05) is 0 Å². The number of aromatic nitrogens is 5. The fraction of sp³-hybridized carbons (Fsp3) is 0.429. The van der Waals surface area contributed by atoms with E-state index in [-0.39, 0.29) is 17.4 Å². The minimum Gasteiger partial charge on any atom is -0.344 e. The summed E-state index contributed by atoms with van der Waals surface area (Å²) in [5.74, 6) is -0.691. The van der Waals surface area contributed by atoms with Crippen LogP contribution in [-0.4, -0.2) is 30.5 Å². The third-order valence-electron chi connectivity index (χ3n) is 5.86. The number of carbonyl (C=O) groups excluding carboxylic acids is 1. The van der Waals surface area contributed by atoms with Gasteiger partial charge in [-0.05, 0) is 44.2 Å². The van der Waals surface area contributed by atoms with Crippen molar-refractivity contribution in [2.75, 3.05) is 0 Å². The number of nitrogens with one attached hydrogen (secondary N) is 1. The number of amides is 1. The molecule has 7 nitrogen and oxygen atoms in total. The van der Waals surface area contributed by atoms with E-state index in [4.69, 9.17) is 0 Å². The zero-order valence-corrected chi connectivity index (χ0v) is 17.5. The molecule has 1 atom stereocenters. The molecule has 0 spiro atoms. The summed E-state index contributed by atoms with van der Waals surface area (Å²) in [6, 6.07) is 2.21. The first-order valence-electron chi connectivity index (χ1n) is 10.6. The van der Waals surface area contributed by atoms with Crippen LogP contribution < -0.4 is 5.32 Å². The molecule has 3 heterocycles. The van der Waals surface area contributed by atoms with Gasteiger partial charge in [-0.25, -0.2) is 4.68 Å². The zero-order valence-electron chi connectivity index (χ0n) is 17.5. The van der Waals surface area contributed by atoms with Crippen LogP contribution in [0.15, 0.2) is 30.6 Å². The average Bonchev–Trinajstić information content (AvgIpc) is 3.33. The standard InChI is InChI=1S/C21H18F6N6O/c22-20(23,24)17-8-12(6-7-28-17)32-10-13-14(2-1-3-15(13)30-32)29-19(34)16-9-18(21(25,26)27)31-33(16)11-4-5-11/h6-11,14H,1-5H2,(H,29,34)/t14-/m0/s1. The maximum absolute atomic E-state index is 13.2. The first kappa shape index (κ1) is 22.4. The van der Waals surface area contributed by atoms with Crippen LogP contribution in [0.4, 0.5) is 26.3 Å². The van der Waals surface area contributed by atoms with Crippen molar-refractivity contribution in [3.8, 4) is 5.69 Å². The van der Waals surface area contributed by atoms with Crippen LogP contribution in [0.3, 0.4) is 0 Å². The summed E-state index contributed by atoms with van der Waals surface area (Å²) in [5.41, 5.74) is -0.981. The first-order valence-corrected chi connectivity index (χ1v) is 10.6. The second-order valence-corrected chi connectivity index (χ2v) is 8.38. The maximum atomic E-state index is 13.2. The first-order chi connectivity index (χ1) is 16.0. The Hall–Kier alpha value is -3.38. The number of pyridine rings is 1. The van der Waals surface area contributed by atoms with Crippen LogP contribution >= 0.6 is 0 Å². The molecular formula is C21H18F6N6O. The quantitative estimate of drug-likeness (QED) is 0.548. The van der Waals surface area contributed by atoms with Gasteiger partial charge in [0.05, 0.1) is 23.5 Å². The third-order valence-corrected chi connectivity index (χ3v) is 5.86. The molecule has 0 aromatic carbocycles. The van der Waals surface area contributed by atoms with Gasteiger partial charge in [-0.2, -0.15) is 36.5 Å². The number of rotatable bonds is 4. The molecule has 1 N–H and O–H groups in total. The maximum Gasteiger partial charge on any atom is 0.435 e. The van der Waals surface area contributed by atoms with E-state index in [0.29, 0.717) is 43.4 Å². The molecule has 0 aliphatic heterocycles. The molecular weight excluding hydrogens is 466 g/mol. The molecule has 13 heteroatoms. The van der Waals surface area contributed by atoms with Crippen LogP contribution in [-0.2, 0) is 18.8 Å². The summed E-state index contributed by atoms with van der Waals surface area (Å²) < 4.78 is 81.0. The lowest BCUT2D eigenvalue weighted by Crippen LogP contribution is -2.32. The van der Waals surface area contributed by atoms with E-state index in [1.165, 1.54) is 16.9 Å². The Balaban J connectivity index is 1.42. The Labute approximate surface area is 188 Å². The van der Waals surface area contributed by atoms with E-state index in [9.17, 15) is 31.1 Å². The molecule has 5 rings (SSSR count). The van der Waals surface area contributed by atoms with Crippen molar-refractivity contribution in [2.24, 2.45) is 0 Å². The minimum atomic E-state index is -4.67. The number of hydrogen-bond acceptors (Lipinski definition) is 4. The number of aryl methyl sites for hydroxylation is 1. The topological polar surface area (TPSA) is 77.6 Å². The molecule has 1 saturated carbocycles. The van der Waals surface area contributed by atoms with E-state index in [1.54, 1.807) is 0 Å². The minimum absolute atomic E-state index is 0.156. The van der Waals surface area contributed by atoms with E-state index < -0.39 is 35.7 Å². The van der Waals surface area contributed by atoms with Gasteiger partial charge in [0, 0.05) is 24.0 Å². The van der Waals surface area contributed by atoms with Crippen molar-refractivity contribution in [1.29, 1.82) is 0 Å². The average molecular weight is 484 g/mol. The van der Waals surface area contributed by atoms with Crippen LogP contribution in [0.5, 0.6) is 0 Å². The molecule has 0 unspecified atom stereocenters.